The zero-order valence-electron chi connectivity index (χ0n) is 10.4. The number of rotatable bonds is 5. The van der Waals surface area contributed by atoms with Crippen molar-refractivity contribution in [3.8, 4) is 5.75 Å². The Labute approximate surface area is 107 Å². The van der Waals surface area contributed by atoms with E-state index >= 15 is 0 Å². The molecule has 0 aliphatic carbocycles. The van der Waals surface area contributed by atoms with Crippen LogP contribution < -0.4 is 10.1 Å². The van der Waals surface area contributed by atoms with Crippen LogP contribution in [0.25, 0.3) is 0 Å². The minimum Gasteiger partial charge on any atom is -0.495 e. The van der Waals surface area contributed by atoms with E-state index in [0.29, 0.717) is 12.0 Å². The monoisotopic (exact) mass is 285 g/mol. The van der Waals surface area contributed by atoms with Crippen molar-refractivity contribution in [2.45, 2.75) is 33.2 Å². The zero-order valence-corrected chi connectivity index (χ0v) is 12.0. The summed E-state index contributed by atoms with van der Waals surface area (Å²) in [7, 11) is 1.68. The maximum absolute atomic E-state index is 5.26. The van der Waals surface area contributed by atoms with E-state index in [9.17, 15) is 0 Å². The summed E-state index contributed by atoms with van der Waals surface area (Å²) in [5.74, 6) is 1.57. The van der Waals surface area contributed by atoms with Gasteiger partial charge in [-0.05, 0) is 47.3 Å². The number of methoxy groups -OCH3 is 1. The van der Waals surface area contributed by atoms with E-state index in [2.05, 4.69) is 48.1 Å². The van der Waals surface area contributed by atoms with E-state index in [1.807, 2.05) is 12.1 Å². The van der Waals surface area contributed by atoms with Gasteiger partial charge in [0.25, 0.3) is 0 Å². The molecule has 1 atom stereocenters. The first-order chi connectivity index (χ1) is 7.52. The molecule has 0 saturated heterocycles. The van der Waals surface area contributed by atoms with Gasteiger partial charge in [0, 0.05) is 17.8 Å². The number of halogens is 1. The fraction of sp³-hybridized carbons (Fsp3) is 0.538. The highest BCUT2D eigenvalue weighted by molar-refractivity contribution is 9.10. The lowest BCUT2D eigenvalue weighted by Gasteiger charge is -2.18. The third-order valence-corrected chi connectivity index (χ3v) is 3.04. The zero-order chi connectivity index (χ0) is 12.1. The third-order valence-electron chi connectivity index (χ3n) is 2.39. The molecule has 1 aromatic rings. The fourth-order valence-electron chi connectivity index (χ4n) is 1.80. The standard InChI is InChI=1S/C13H20BrNO/c1-9(2)7-10(3)15-11-5-6-12(14)13(8-11)16-4/h5-6,8-10,15H,7H2,1-4H3. The van der Waals surface area contributed by atoms with Crippen molar-refractivity contribution < 1.29 is 4.74 Å². The van der Waals surface area contributed by atoms with Crippen LogP contribution in [0.4, 0.5) is 5.69 Å². The second-order valence-electron chi connectivity index (χ2n) is 4.52. The van der Waals surface area contributed by atoms with Gasteiger partial charge in [-0.15, -0.1) is 0 Å². The number of ether oxygens (including phenoxy) is 1. The Morgan fingerprint density at radius 3 is 2.56 bits per heavy atom. The van der Waals surface area contributed by atoms with E-state index in [1.165, 1.54) is 6.42 Å². The first kappa shape index (κ1) is 13.4. The van der Waals surface area contributed by atoms with E-state index < -0.39 is 0 Å². The SMILES string of the molecule is COc1cc(NC(C)CC(C)C)ccc1Br. The molecule has 2 nitrogen and oxygen atoms in total. The molecule has 0 radical (unpaired) electrons. The molecule has 16 heavy (non-hydrogen) atoms. The highest BCUT2D eigenvalue weighted by Gasteiger charge is 2.06. The summed E-state index contributed by atoms with van der Waals surface area (Å²) in [6.45, 7) is 6.68. The Bertz CT molecular complexity index is 339. The van der Waals surface area contributed by atoms with Gasteiger partial charge in [-0.25, -0.2) is 0 Å². The number of hydrogen-bond donors (Lipinski definition) is 1. The van der Waals surface area contributed by atoms with Crippen molar-refractivity contribution in [3.63, 3.8) is 0 Å². The summed E-state index contributed by atoms with van der Waals surface area (Å²) in [4.78, 5) is 0. The first-order valence-electron chi connectivity index (χ1n) is 5.63. The second kappa shape index (κ2) is 6.14. The molecule has 0 saturated carbocycles. The molecule has 0 aliphatic rings. The van der Waals surface area contributed by atoms with Gasteiger partial charge in [0.2, 0.25) is 0 Å². The molecule has 0 heterocycles. The number of benzene rings is 1. The summed E-state index contributed by atoms with van der Waals surface area (Å²) < 4.78 is 6.24. The molecular weight excluding hydrogens is 266 g/mol. The van der Waals surface area contributed by atoms with Gasteiger partial charge >= 0.3 is 0 Å². The topological polar surface area (TPSA) is 21.3 Å². The van der Waals surface area contributed by atoms with Gasteiger partial charge in [-0.2, -0.15) is 0 Å². The molecule has 0 amide bonds. The van der Waals surface area contributed by atoms with Gasteiger partial charge in [-0.1, -0.05) is 13.8 Å². The highest BCUT2D eigenvalue weighted by atomic mass is 79.9. The smallest absolute Gasteiger partial charge is 0.135 e. The molecule has 1 N–H and O–H groups in total. The van der Waals surface area contributed by atoms with Crippen molar-refractivity contribution in [3.05, 3.63) is 22.7 Å². The van der Waals surface area contributed by atoms with Crippen molar-refractivity contribution in [2.24, 2.45) is 5.92 Å². The summed E-state index contributed by atoms with van der Waals surface area (Å²) in [6, 6.07) is 6.55. The van der Waals surface area contributed by atoms with E-state index in [-0.39, 0.29) is 0 Å². The lowest BCUT2D eigenvalue weighted by molar-refractivity contribution is 0.412. The van der Waals surface area contributed by atoms with Crippen molar-refractivity contribution >= 4 is 21.6 Å². The van der Waals surface area contributed by atoms with Crippen LogP contribution in [0, 0.1) is 5.92 Å². The van der Waals surface area contributed by atoms with Crippen LogP contribution in [-0.2, 0) is 0 Å². The van der Waals surface area contributed by atoms with Crippen LogP contribution in [0.2, 0.25) is 0 Å². The number of hydrogen-bond acceptors (Lipinski definition) is 2. The molecule has 0 bridgehead atoms. The van der Waals surface area contributed by atoms with Crippen LogP contribution in [-0.4, -0.2) is 13.2 Å². The molecule has 1 aromatic carbocycles. The van der Waals surface area contributed by atoms with Crippen molar-refractivity contribution in [2.75, 3.05) is 12.4 Å². The van der Waals surface area contributed by atoms with Gasteiger partial charge in [-0.3, -0.25) is 0 Å². The molecule has 3 heteroatoms. The molecule has 1 unspecified atom stereocenters. The lowest BCUT2D eigenvalue weighted by atomic mass is 10.1. The van der Waals surface area contributed by atoms with Crippen LogP contribution in [0.15, 0.2) is 22.7 Å². The Morgan fingerprint density at radius 2 is 2.00 bits per heavy atom. The summed E-state index contributed by atoms with van der Waals surface area (Å²) in [6.07, 6.45) is 1.17. The van der Waals surface area contributed by atoms with Crippen LogP contribution in [0.3, 0.4) is 0 Å². The third kappa shape index (κ3) is 4.05. The number of nitrogens with one attached hydrogen (secondary N) is 1. The summed E-state index contributed by atoms with van der Waals surface area (Å²) in [5.41, 5.74) is 1.10. The average Bonchev–Trinajstić information content (AvgIpc) is 2.19. The van der Waals surface area contributed by atoms with Crippen molar-refractivity contribution in [1.82, 2.24) is 0 Å². The summed E-state index contributed by atoms with van der Waals surface area (Å²) >= 11 is 3.44. The molecule has 0 spiro atoms. The van der Waals surface area contributed by atoms with E-state index in [4.69, 9.17) is 4.74 Å². The van der Waals surface area contributed by atoms with Crippen molar-refractivity contribution in [1.29, 1.82) is 0 Å². The fourth-order valence-corrected chi connectivity index (χ4v) is 2.21. The molecular formula is C13H20BrNO. The van der Waals surface area contributed by atoms with Gasteiger partial charge in [0.1, 0.15) is 5.75 Å². The van der Waals surface area contributed by atoms with Gasteiger partial charge in [0.05, 0.1) is 11.6 Å². The molecule has 0 aromatic heterocycles. The lowest BCUT2D eigenvalue weighted by Crippen LogP contribution is -2.17. The van der Waals surface area contributed by atoms with E-state index in [1.54, 1.807) is 7.11 Å². The van der Waals surface area contributed by atoms with Gasteiger partial charge in [0.15, 0.2) is 0 Å². The molecule has 0 aliphatic heterocycles. The maximum Gasteiger partial charge on any atom is 0.135 e. The quantitative estimate of drug-likeness (QED) is 0.871. The van der Waals surface area contributed by atoms with E-state index in [0.717, 1.165) is 15.9 Å². The Balaban J connectivity index is 2.67. The first-order valence-corrected chi connectivity index (χ1v) is 6.42. The van der Waals surface area contributed by atoms with Gasteiger partial charge < -0.3 is 10.1 Å². The van der Waals surface area contributed by atoms with Crippen LogP contribution >= 0.6 is 15.9 Å². The minimum atomic E-state index is 0.478. The minimum absolute atomic E-state index is 0.478. The Kier molecular flexibility index (Phi) is 5.13. The Morgan fingerprint density at radius 1 is 1.31 bits per heavy atom. The Hall–Kier alpha value is -0.700. The highest BCUT2D eigenvalue weighted by Crippen LogP contribution is 2.28. The maximum atomic E-state index is 5.26. The molecule has 1 rings (SSSR count). The molecule has 90 valence electrons. The summed E-state index contributed by atoms with van der Waals surface area (Å²) in [5, 5.41) is 3.47. The predicted molar refractivity (Wildman–Crippen MR) is 73.2 cm³/mol. The molecule has 0 fully saturated rings. The largest absolute Gasteiger partial charge is 0.495 e. The number of anilines is 1. The second-order valence-corrected chi connectivity index (χ2v) is 5.38. The van der Waals surface area contributed by atoms with Crippen LogP contribution in [0.1, 0.15) is 27.2 Å². The van der Waals surface area contributed by atoms with Crippen LogP contribution in [0.5, 0.6) is 5.75 Å². The predicted octanol–water partition coefficient (Wildman–Crippen LogP) is 4.30. The average molecular weight is 286 g/mol. The normalized spacial score (nSPS) is 12.6.